The molecule has 172 valence electrons. The monoisotopic (exact) mass is 598 g/mol. The minimum atomic E-state index is -0.446. The maximum Gasteiger partial charge on any atom is 0.252 e. The normalized spacial score (nSPS) is 11.0. The molecule has 0 aliphatic carbocycles. The molecule has 0 atom stereocenters. The molecule has 4 aromatic rings. The SMILES string of the molecule is O=C(COCC(=O)Nc1nc(-c2cc(Cl)sc2Cl)cs1)Nc1nc(-c2cc(Cl)sc2Cl)cs1. The number of nitrogens with one attached hydrogen (secondary N) is 2. The third-order valence-corrected chi connectivity index (χ3v) is 8.32. The second-order valence-corrected chi connectivity index (χ2v) is 12.4. The molecule has 0 saturated carbocycles. The van der Waals surface area contributed by atoms with E-state index >= 15 is 0 Å². The second-order valence-electron chi connectivity index (χ2n) is 6.14. The molecule has 2 amide bonds. The Morgan fingerprint density at radius 2 is 1.21 bits per heavy atom. The zero-order valence-corrected chi connectivity index (χ0v) is 22.3. The van der Waals surface area contributed by atoms with Crippen LogP contribution in [0.5, 0.6) is 0 Å². The Balaban J connectivity index is 1.23. The molecule has 0 aliphatic heterocycles. The van der Waals surface area contributed by atoms with Crippen molar-refractivity contribution in [3.63, 3.8) is 0 Å². The van der Waals surface area contributed by atoms with Crippen LogP contribution in [0, 0.1) is 0 Å². The van der Waals surface area contributed by atoms with Crippen molar-refractivity contribution in [3.05, 3.63) is 40.2 Å². The molecule has 0 saturated heterocycles. The maximum absolute atomic E-state index is 12.1. The predicted molar refractivity (Wildman–Crippen MR) is 139 cm³/mol. The summed E-state index contributed by atoms with van der Waals surface area (Å²) in [7, 11) is 0. The lowest BCUT2D eigenvalue weighted by Gasteiger charge is -2.04. The third kappa shape index (κ3) is 6.44. The van der Waals surface area contributed by atoms with Gasteiger partial charge in [0.1, 0.15) is 21.9 Å². The smallest absolute Gasteiger partial charge is 0.252 e. The molecule has 4 aromatic heterocycles. The maximum atomic E-state index is 12.1. The van der Waals surface area contributed by atoms with Crippen LogP contribution < -0.4 is 10.6 Å². The molecule has 0 fully saturated rings. The van der Waals surface area contributed by atoms with Crippen molar-refractivity contribution >= 4 is 114 Å². The van der Waals surface area contributed by atoms with Gasteiger partial charge < -0.3 is 4.74 Å². The van der Waals surface area contributed by atoms with Gasteiger partial charge in [0.2, 0.25) is 0 Å². The number of ether oxygens (including phenoxy) is 1. The van der Waals surface area contributed by atoms with E-state index in [9.17, 15) is 9.59 Å². The zero-order chi connectivity index (χ0) is 23.5. The average molecular weight is 600 g/mol. The molecule has 7 nitrogen and oxygen atoms in total. The van der Waals surface area contributed by atoms with E-state index in [1.54, 1.807) is 22.9 Å². The Morgan fingerprint density at radius 3 is 1.58 bits per heavy atom. The quantitative estimate of drug-likeness (QED) is 0.222. The van der Waals surface area contributed by atoms with Crippen LogP contribution in [0.1, 0.15) is 0 Å². The fourth-order valence-corrected chi connectivity index (χ4v) is 6.90. The molecular formula is C18H10Cl4N4O3S4. The van der Waals surface area contributed by atoms with Crippen LogP contribution in [-0.4, -0.2) is 35.0 Å². The summed E-state index contributed by atoms with van der Waals surface area (Å²) in [5.74, 6) is -0.891. The fourth-order valence-electron chi connectivity index (χ4n) is 2.49. The Labute approximate surface area is 223 Å². The van der Waals surface area contributed by atoms with Crippen LogP contribution in [0.4, 0.5) is 10.3 Å². The summed E-state index contributed by atoms with van der Waals surface area (Å²) in [6.07, 6.45) is 0. The number of thiophene rings is 2. The van der Waals surface area contributed by atoms with Gasteiger partial charge in [-0.05, 0) is 12.1 Å². The van der Waals surface area contributed by atoms with Gasteiger partial charge in [-0.1, -0.05) is 46.4 Å². The van der Waals surface area contributed by atoms with Crippen molar-refractivity contribution in [3.8, 4) is 22.5 Å². The van der Waals surface area contributed by atoms with Crippen LogP contribution in [0.3, 0.4) is 0 Å². The van der Waals surface area contributed by atoms with Gasteiger partial charge in [-0.25, -0.2) is 9.97 Å². The van der Waals surface area contributed by atoms with E-state index in [2.05, 4.69) is 20.6 Å². The van der Waals surface area contributed by atoms with E-state index in [0.717, 1.165) is 0 Å². The molecule has 15 heteroatoms. The summed E-state index contributed by atoms with van der Waals surface area (Å²) in [4.78, 5) is 32.8. The lowest BCUT2D eigenvalue weighted by Crippen LogP contribution is -2.23. The number of hydrogen-bond donors (Lipinski definition) is 2. The molecule has 33 heavy (non-hydrogen) atoms. The first-order chi connectivity index (χ1) is 15.8. The van der Waals surface area contributed by atoms with E-state index in [0.29, 0.717) is 50.1 Å². The first-order valence-corrected chi connectivity index (χ1v) is 13.7. The molecule has 0 aliphatic rings. The first-order valence-electron chi connectivity index (χ1n) is 8.77. The number of thiazole rings is 2. The lowest BCUT2D eigenvalue weighted by molar-refractivity contribution is -0.125. The molecule has 0 unspecified atom stereocenters. The lowest BCUT2D eigenvalue weighted by atomic mass is 10.3. The van der Waals surface area contributed by atoms with Gasteiger partial charge in [0.25, 0.3) is 11.8 Å². The van der Waals surface area contributed by atoms with E-state index in [4.69, 9.17) is 51.1 Å². The van der Waals surface area contributed by atoms with Crippen molar-refractivity contribution in [2.24, 2.45) is 0 Å². The molecule has 2 N–H and O–H groups in total. The number of nitrogens with zero attached hydrogens (tertiary/aromatic N) is 2. The van der Waals surface area contributed by atoms with Crippen molar-refractivity contribution in [1.82, 2.24) is 9.97 Å². The zero-order valence-electron chi connectivity index (χ0n) is 16.0. The number of hydrogen-bond acceptors (Lipinski definition) is 9. The van der Waals surface area contributed by atoms with Gasteiger partial charge in [0, 0.05) is 21.9 Å². The highest BCUT2D eigenvalue weighted by Crippen LogP contribution is 2.40. The largest absolute Gasteiger partial charge is 0.362 e. The summed E-state index contributed by atoms with van der Waals surface area (Å²) >= 11 is 29.1. The van der Waals surface area contributed by atoms with Crippen LogP contribution in [0.2, 0.25) is 17.3 Å². The van der Waals surface area contributed by atoms with Gasteiger partial charge >= 0.3 is 0 Å². The Morgan fingerprint density at radius 1 is 0.788 bits per heavy atom. The number of rotatable bonds is 8. The van der Waals surface area contributed by atoms with Crippen molar-refractivity contribution < 1.29 is 14.3 Å². The highest BCUT2D eigenvalue weighted by Gasteiger charge is 2.15. The minimum absolute atomic E-state index is 0.320. The highest BCUT2D eigenvalue weighted by molar-refractivity contribution is 7.21. The molecule has 0 radical (unpaired) electrons. The molecule has 0 spiro atoms. The number of carbonyl (C=O) groups excluding carboxylic acids is 2. The van der Waals surface area contributed by atoms with Crippen LogP contribution >= 0.6 is 91.8 Å². The summed E-state index contributed by atoms with van der Waals surface area (Å²) in [5.41, 5.74) is 2.62. The number of anilines is 2. The van der Waals surface area contributed by atoms with Crippen LogP contribution in [0.25, 0.3) is 22.5 Å². The topological polar surface area (TPSA) is 93.2 Å². The van der Waals surface area contributed by atoms with Crippen LogP contribution in [0.15, 0.2) is 22.9 Å². The predicted octanol–water partition coefficient (Wildman–Crippen LogP) is 7.26. The van der Waals surface area contributed by atoms with Crippen LogP contribution in [-0.2, 0) is 14.3 Å². The van der Waals surface area contributed by atoms with Gasteiger partial charge in [-0.2, -0.15) is 0 Å². The van der Waals surface area contributed by atoms with Crippen molar-refractivity contribution in [2.45, 2.75) is 0 Å². The summed E-state index contributed by atoms with van der Waals surface area (Å²) in [6.45, 7) is -0.640. The highest BCUT2D eigenvalue weighted by atomic mass is 35.5. The molecule has 0 bridgehead atoms. The van der Waals surface area contributed by atoms with Gasteiger partial charge in [-0.3, -0.25) is 20.2 Å². The van der Waals surface area contributed by atoms with Gasteiger partial charge in [0.15, 0.2) is 10.3 Å². The summed E-state index contributed by atoms with van der Waals surface area (Å²) in [5, 5.41) is 9.51. The van der Waals surface area contributed by atoms with Crippen molar-refractivity contribution in [2.75, 3.05) is 23.8 Å². The second kappa shape index (κ2) is 11.0. The molecule has 4 rings (SSSR count). The first kappa shape index (κ1) is 24.8. The summed E-state index contributed by atoms with van der Waals surface area (Å²) in [6, 6.07) is 3.43. The fraction of sp³-hybridized carbons (Fsp3) is 0.111. The molecule has 4 heterocycles. The third-order valence-electron chi connectivity index (χ3n) is 3.83. The standard InChI is InChI=1S/C18H10Cl4N4O3S4/c19-11-1-7(15(21)32-11)9-5-30-17(23-9)25-13(27)3-29-4-14(28)26-18-24-10(6-31-18)8-2-12(20)33-16(8)22/h1-2,5-6H,3-4H2,(H,23,25,27)(H,24,26,28). The Kier molecular flexibility index (Phi) is 8.26. The minimum Gasteiger partial charge on any atom is -0.362 e. The van der Waals surface area contributed by atoms with E-state index in [1.807, 2.05) is 0 Å². The van der Waals surface area contributed by atoms with Gasteiger partial charge in [-0.15, -0.1) is 45.3 Å². The Bertz CT molecular complexity index is 1220. The molecule has 0 aromatic carbocycles. The average Bonchev–Trinajstić information content (AvgIpc) is 3.51. The summed E-state index contributed by atoms with van der Waals surface area (Å²) < 4.78 is 7.33. The van der Waals surface area contributed by atoms with E-state index in [1.165, 1.54) is 45.3 Å². The molecular weight excluding hydrogens is 590 g/mol. The van der Waals surface area contributed by atoms with Crippen molar-refractivity contribution in [1.29, 1.82) is 0 Å². The number of halogens is 4. The Hall–Kier alpha value is -1.28. The number of aromatic nitrogens is 2. The number of amides is 2. The number of carbonyl (C=O) groups is 2. The van der Waals surface area contributed by atoms with E-state index in [-0.39, 0.29) is 13.2 Å². The van der Waals surface area contributed by atoms with Gasteiger partial charge in [0.05, 0.1) is 20.1 Å². The van der Waals surface area contributed by atoms with E-state index < -0.39 is 11.8 Å².